The first-order valence-electron chi connectivity index (χ1n) is 8.57. The molecule has 0 unspecified atom stereocenters. The minimum Gasteiger partial charge on any atom is -0.461 e. The van der Waals surface area contributed by atoms with Crippen molar-refractivity contribution in [3.63, 3.8) is 0 Å². The van der Waals surface area contributed by atoms with Gasteiger partial charge in [-0.05, 0) is 24.6 Å². The molecule has 2 aromatic heterocycles. The van der Waals surface area contributed by atoms with Crippen LogP contribution in [-0.4, -0.2) is 52.3 Å². The second kappa shape index (κ2) is 8.53. The largest absolute Gasteiger partial charge is 0.461 e. The molecule has 2 heterocycles. The van der Waals surface area contributed by atoms with Gasteiger partial charge in [0.1, 0.15) is 12.1 Å². The number of nitrogens with zero attached hydrogens (tertiary/aromatic N) is 3. The summed E-state index contributed by atoms with van der Waals surface area (Å²) < 4.78 is 11.8. The molecule has 10 heteroatoms. The summed E-state index contributed by atoms with van der Waals surface area (Å²) in [5.41, 5.74) is 7.56. The number of hydrogen-bond donors (Lipinski definition) is 3. The summed E-state index contributed by atoms with van der Waals surface area (Å²) in [4.78, 5) is 35.2. The first-order chi connectivity index (χ1) is 13.5. The van der Waals surface area contributed by atoms with Crippen LogP contribution in [0.5, 0.6) is 6.01 Å². The average Bonchev–Trinajstić information content (AvgIpc) is 2.99. The summed E-state index contributed by atoms with van der Waals surface area (Å²) in [6.07, 6.45) is 0. The minimum atomic E-state index is -0.371. The van der Waals surface area contributed by atoms with E-state index in [0.717, 1.165) is 5.56 Å². The Hall–Kier alpha value is -3.40. The number of methoxy groups -OCH3 is 1. The summed E-state index contributed by atoms with van der Waals surface area (Å²) >= 11 is 0. The normalized spacial score (nSPS) is 10.9. The Morgan fingerprint density at radius 3 is 2.71 bits per heavy atom. The molecule has 0 atom stereocenters. The van der Waals surface area contributed by atoms with Crippen LogP contribution in [0.2, 0.25) is 0 Å². The quantitative estimate of drug-likeness (QED) is 0.475. The van der Waals surface area contributed by atoms with E-state index >= 15 is 0 Å². The highest BCUT2D eigenvalue weighted by Crippen LogP contribution is 2.18. The maximum absolute atomic E-state index is 12.4. The van der Waals surface area contributed by atoms with Crippen LogP contribution >= 0.6 is 0 Å². The molecule has 0 fully saturated rings. The van der Waals surface area contributed by atoms with Gasteiger partial charge < -0.3 is 25.5 Å². The second-order valence-corrected chi connectivity index (χ2v) is 5.90. The van der Waals surface area contributed by atoms with E-state index in [1.807, 2.05) is 0 Å². The highest BCUT2D eigenvalue weighted by Gasteiger charge is 2.15. The van der Waals surface area contributed by atoms with Crippen LogP contribution in [0.1, 0.15) is 15.9 Å². The molecule has 3 aromatic rings. The molecule has 4 N–H and O–H groups in total. The molecule has 1 aromatic carbocycles. The van der Waals surface area contributed by atoms with Gasteiger partial charge in [0.15, 0.2) is 11.5 Å². The Bertz CT molecular complexity index is 1020. The van der Waals surface area contributed by atoms with E-state index in [1.54, 1.807) is 31.4 Å². The number of benzene rings is 1. The molecule has 0 spiro atoms. The summed E-state index contributed by atoms with van der Waals surface area (Å²) in [5, 5.41) is 2.63. The van der Waals surface area contributed by atoms with Gasteiger partial charge in [-0.25, -0.2) is 4.79 Å². The summed E-state index contributed by atoms with van der Waals surface area (Å²) in [5.74, 6) is -0.0855. The van der Waals surface area contributed by atoms with E-state index < -0.39 is 0 Å². The van der Waals surface area contributed by atoms with Crippen LogP contribution < -0.4 is 21.5 Å². The molecule has 1 amide bonds. The fourth-order valence-corrected chi connectivity index (χ4v) is 2.62. The van der Waals surface area contributed by atoms with Gasteiger partial charge >= 0.3 is 11.7 Å². The molecule has 0 aliphatic heterocycles. The topological polar surface area (TPSA) is 137 Å². The van der Waals surface area contributed by atoms with Crippen molar-refractivity contribution < 1.29 is 14.3 Å². The van der Waals surface area contributed by atoms with Gasteiger partial charge in [-0.1, -0.05) is 12.1 Å². The standard InChI is InChI=1S/C18H21N6O4/c1-3-20-16(25)12-6-4-11(5-7-12)10-24-15-13(21-18(24)26)14(19)22-17(23-15)28-9-8-27-2/h4-7H,1,3,8-10H2,2H3,(H,20,25)(H,21,26)(H2,19,22,23). The van der Waals surface area contributed by atoms with Gasteiger partial charge in [0, 0.05) is 19.2 Å². The number of nitrogen functional groups attached to an aromatic ring is 1. The van der Waals surface area contributed by atoms with E-state index in [4.69, 9.17) is 15.2 Å². The van der Waals surface area contributed by atoms with Crippen LogP contribution in [0.3, 0.4) is 0 Å². The Morgan fingerprint density at radius 1 is 1.29 bits per heavy atom. The van der Waals surface area contributed by atoms with Crippen molar-refractivity contribution in [1.82, 2.24) is 24.8 Å². The highest BCUT2D eigenvalue weighted by molar-refractivity contribution is 5.94. The molecule has 10 nitrogen and oxygen atoms in total. The van der Waals surface area contributed by atoms with Crippen LogP contribution in [0, 0.1) is 6.92 Å². The van der Waals surface area contributed by atoms with E-state index in [2.05, 4.69) is 27.2 Å². The lowest BCUT2D eigenvalue weighted by molar-refractivity contribution is 0.0958. The van der Waals surface area contributed by atoms with Crippen LogP contribution in [0.15, 0.2) is 29.1 Å². The second-order valence-electron chi connectivity index (χ2n) is 5.90. The van der Waals surface area contributed by atoms with Crippen molar-refractivity contribution in [2.24, 2.45) is 0 Å². The van der Waals surface area contributed by atoms with Gasteiger partial charge in [-0.2, -0.15) is 9.97 Å². The van der Waals surface area contributed by atoms with Crippen LogP contribution in [0.4, 0.5) is 5.82 Å². The Kier molecular flexibility index (Phi) is 5.90. The minimum absolute atomic E-state index is 0.0648. The molecule has 0 saturated heterocycles. The lowest BCUT2D eigenvalue weighted by Gasteiger charge is -2.07. The van der Waals surface area contributed by atoms with Crippen molar-refractivity contribution in [2.45, 2.75) is 6.54 Å². The number of hydrogen-bond acceptors (Lipinski definition) is 7. The molecule has 0 saturated carbocycles. The zero-order chi connectivity index (χ0) is 20.1. The number of amides is 1. The van der Waals surface area contributed by atoms with E-state index in [9.17, 15) is 9.59 Å². The molecule has 1 radical (unpaired) electrons. The van der Waals surface area contributed by atoms with Crippen molar-refractivity contribution in [1.29, 1.82) is 0 Å². The number of nitrogens with two attached hydrogens (primary N) is 1. The van der Waals surface area contributed by atoms with Gasteiger partial charge in [0.25, 0.3) is 5.91 Å². The number of rotatable bonds is 8. The van der Waals surface area contributed by atoms with Crippen LogP contribution in [-0.2, 0) is 11.3 Å². The number of nitrogens with one attached hydrogen (secondary N) is 2. The molecule has 28 heavy (non-hydrogen) atoms. The zero-order valence-electron chi connectivity index (χ0n) is 15.4. The fourth-order valence-electron chi connectivity index (χ4n) is 2.62. The van der Waals surface area contributed by atoms with E-state index in [0.29, 0.717) is 29.9 Å². The number of aromatic amines is 1. The fraction of sp³-hybridized carbons (Fsp3) is 0.278. The van der Waals surface area contributed by atoms with Crippen molar-refractivity contribution >= 4 is 22.9 Å². The maximum Gasteiger partial charge on any atom is 0.328 e. The van der Waals surface area contributed by atoms with Crippen molar-refractivity contribution in [2.75, 3.05) is 32.6 Å². The molecule has 147 valence electrons. The highest BCUT2D eigenvalue weighted by atomic mass is 16.5. The Morgan fingerprint density at radius 2 is 2.04 bits per heavy atom. The predicted molar refractivity (Wildman–Crippen MR) is 103 cm³/mol. The van der Waals surface area contributed by atoms with Gasteiger partial charge in [0.2, 0.25) is 0 Å². The molecule has 0 aliphatic rings. The first kappa shape index (κ1) is 19.4. The number of H-pyrrole nitrogens is 1. The SMILES string of the molecule is [CH2]CNC(=O)c1ccc(Cn2c(=O)[nH]c3c(N)nc(OCCOC)nc32)cc1. The molecule has 0 aliphatic carbocycles. The lowest BCUT2D eigenvalue weighted by Crippen LogP contribution is -2.22. The monoisotopic (exact) mass is 385 g/mol. The van der Waals surface area contributed by atoms with Gasteiger partial charge in [-0.15, -0.1) is 0 Å². The number of anilines is 1. The molecular formula is C18H21N6O4. The van der Waals surface area contributed by atoms with Crippen molar-refractivity contribution in [3.05, 3.63) is 52.8 Å². The smallest absolute Gasteiger partial charge is 0.328 e. The van der Waals surface area contributed by atoms with Gasteiger partial charge in [0.05, 0.1) is 13.2 Å². The summed E-state index contributed by atoms with van der Waals surface area (Å²) in [6.45, 7) is 4.76. The van der Waals surface area contributed by atoms with Crippen molar-refractivity contribution in [3.8, 4) is 6.01 Å². The summed E-state index contributed by atoms with van der Waals surface area (Å²) in [7, 11) is 1.56. The number of ether oxygens (including phenoxy) is 2. The number of aromatic nitrogens is 4. The third-order valence-corrected chi connectivity index (χ3v) is 3.99. The Balaban J connectivity index is 1.88. The summed E-state index contributed by atoms with van der Waals surface area (Å²) in [6, 6.07) is 6.97. The third-order valence-electron chi connectivity index (χ3n) is 3.99. The molecular weight excluding hydrogens is 364 g/mol. The third kappa shape index (κ3) is 4.12. The average molecular weight is 385 g/mol. The predicted octanol–water partition coefficient (Wildman–Crippen LogP) is 0.339. The van der Waals surface area contributed by atoms with Crippen LogP contribution in [0.25, 0.3) is 11.2 Å². The van der Waals surface area contributed by atoms with E-state index in [-0.39, 0.29) is 36.6 Å². The zero-order valence-corrected chi connectivity index (χ0v) is 15.4. The first-order valence-corrected chi connectivity index (χ1v) is 8.57. The molecule has 0 bridgehead atoms. The number of imidazole rings is 1. The lowest BCUT2D eigenvalue weighted by atomic mass is 10.1. The maximum atomic E-state index is 12.4. The Labute approximate surface area is 160 Å². The number of carbonyl (C=O) groups is 1. The number of fused-ring (bicyclic) bond motifs is 1. The number of carbonyl (C=O) groups excluding carboxylic acids is 1. The molecule has 3 rings (SSSR count). The van der Waals surface area contributed by atoms with E-state index in [1.165, 1.54) is 4.57 Å². The van der Waals surface area contributed by atoms with Gasteiger partial charge in [-0.3, -0.25) is 9.36 Å².